The Balaban J connectivity index is 1.28. The fourth-order valence-electron chi connectivity index (χ4n) is 5.40. The van der Waals surface area contributed by atoms with Crippen LogP contribution in [0.5, 0.6) is 0 Å². The molecule has 2 saturated heterocycles. The summed E-state index contributed by atoms with van der Waals surface area (Å²) in [6, 6.07) is 12.4. The van der Waals surface area contributed by atoms with Gasteiger partial charge < -0.3 is 16.0 Å². The molecule has 9 heteroatoms. The number of anilines is 2. The number of carbonyl (C=O) groups is 1. The number of benzene rings is 1. The zero-order valence-electron chi connectivity index (χ0n) is 19.5. The average molecular weight is 469 g/mol. The zero-order valence-corrected chi connectivity index (χ0v) is 19.5. The van der Waals surface area contributed by atoms with Crippen molar-refractivity contribution >= 4 is 17.5 Å². The number of nitriles is 1. The predicted molar refractivity (Wildman–Crippen MR) is 133 cm³/mol. The van der Waals surface area contributed by atoms with Crippen molar-refractivity contribution in [3.8, 4) is 17.2 Å². The summed E-state index contributed by atoms with van der Waals surface area (Å²) in [5.41, 5.74) is 9.05. The number of nitrogens with two attached hydrogens (primary N) is 1. The number of nitrogens with zero attached hydrogens (tertiary/aromatic N) is 6. The molecule has 0 spiro atoms. The molecule has 2 fully saturated rings. The van der Waals surface area contributed by atoms with E-state index in [9.17, 15) is 4.79 Å². The van der Waals surface area contributed by atoms with Gasteiger partial charge in [-0.25, -0.2) is 9.97 Å². The van der Waals surface area contributed by atoms with Gasteiger partial charge in [-0.15, -0.1) is 0 Å². The summed E-state index contributed by atoms with van der Waals surface area (Å²) in [6.45, 7) is 4.99. The molecule has 0 radical (unpaired) electrons. The van der Waals surface area contributed by atoms with Gasteiger partial charge >= 0.3 is 0 Å². The van der Waals surface area contributed by atoms with Crippen LogP contribution in [0.4, 0.5) is 11.6 Å². The minimum absolute atomic E-state index is 0.0207. The molecule has 0 aliphatic carbocycles. The SMILES string of the molecule is C=C(C#N)C(=O)N1C2CCC1CC(CNc1ncnc(N)c1-c1cnn(Cc3ccccc3)c1)C2. The molecule has 5 rings (SSSR count). The third-order valence-electron chi connectivity index (χ3n) is 7.00. The van der Waals surface area contributed by atoms with Crippen molar-refractivity contribution in [2.45, 2.75) is 44.3 Å². The monoisotopic (exact) mass is 468 g/mol. The number of fused-ring (bicyclic) bond motifs is 2. The molecule has 178 valence electrons. The summed E-state index contributed by atoms with van der Waals surface area (Å²) in [5, 5.41) is 17.1. The highest BCUT2D eigenvalue weighted by Gasteiger charge is 2.43. The summed E-state index contributed by atoms with van der Waals surface area (Å²) in [6.07, 6.45) is 8.93. The molecule has 2 aromatic heterocycles. The molecule has 2 unspecified atom stereocenters. The minimum Gasteiger partial charge on any atom is -0.383 e. The van der Waals surface area contributed by atoms with Gasteiger partial charge in [0.2, 0.25) is 0 Å². The standard InChI is InChI=1S/C26H28N8O/c1-17(11-27)26(35)34-21-7-8-22(34)10-19(9-21)12-29-25-23(24(28)30-16-31-25)20-13-32-33(15-20)14-18-5-3-2-4-6-18/h2-6,13,15-16,19,21-22H,1,7-10,12,14H2,(H3,28,29,30,31). The minimum atomic E-state index is -0.218. The second-order valence-corrected chi connectivity index (χ2v) is 9.30. The van der Waals surface area contributed by atoms with Crippen LogP contribution in [0.3, 0.4) is 0 Å². The van der Waals surface area contributed by atoms with Crippen LogP contribution in [0, 0.1) is 17.2 Å². The van der Waals surface area contributed by atoms with E-state index in [1.807, 2.05) is 40.0 Å². The molecule has 2 bridgehead atoms. The zero-order chi connectivity index (χ0) is 24.4. The Morgan fingerprint density at radius 3 is 2.66 bits per heavy atom. The van der Waals surface area contributed by atoms with Crippen LogP contribution in [0.25, 0.3) is 11.1 Å². The number of carbonyl (C=O) groups excluding carboxylic acids is 1. The highest BCUT2D eigenvalue weighted by Crippen LogP contribution is 2.40. The van der Waals surface area contributed by atoms with Crippen molar-refractivity contribution in [3.05, 3.63) is 66.8 Å². The number of hydrogen-bond acceptors (Lipinski definition) is 7. The molecular weight excluding hydrogens is 440 g/mol. The maximum atomic E-state index is 12.6. The Bertz CT molecular complexity index is 1260. The Hall–Kier alpha value is -4.19. The number of nitrogen functional groups attached to an aromatic ring is 1. The quantitative estimate of drug-likeness (QED) is 0.403. The molecule has 2 aliphatic rings. The lowest BCUT2D eigenvalue weighted by Crippen LogP contribution is -2.48. The molecule has 2 atom stereocenters. The molecule has 2 aliphatic heterocycles. The van der Waals surface area contributed by atoms with Gasteiger partial charge in [-0.05, 0) is 37.2 Å². The van der Waals surface area contributed by atoms with E-state index in [0.29, 0.717) is 24.1 Å². The van der Waals surface area contributed by atoms with Crippen LogP contribution in [0.2, 0.25) is 0 Å². The molecule has 3 N–H and O–H groups in total. The molecule has 9 nitrogen and oxygen atoms in total. The third-order valence-corrected chi connectivity index (χ3v) is 7.00. The van der Waals surface area contributed by atoms with Crippen molar-refractivity contribution in [1.29, 1.82) is 5.26 Å². The van der Waals surface area contributed by atoms with Crippen LogP contribution in [0.1, 0.15) is 31.2 Å². The van der Waals surface area contributed by atoms with E-state index in [1.54, 1.807) is 6.20 Å². The first kappa shape index (κ1) is 22.6. The van der Waals surface area contributed by atoms with Gasteiger partial charge in [-0.1, -0.05) is 36.9 Å². The number of piperidine rings is 1. The molecule has 4 heterocycles. The van der Waals surface area contributed by atoms with Gasteiger partial charge in [0.15, 0.2) is 0 Å². The van der Waals surface area contributed by atoms with Crippen LogP contribution in [0.15, 0.2) is 61.2 Å². The molecule has 1 aromatic carbocycles. The molecule has 35 heavy (non-hydrogen) atoms. The molecule has 3 aromatic rings. The number of hydrogen-bond donors (Lipinski definition) is 2. The van der Waals surface area contributed by atoms with Gasteiger partial charge in [0.25, 0.3) is 5.91 Å². The lowest BCUT2D eigenvalue weighted by molar-refractivity contribution is -0.131. The lowest BCUT2D eigenvalue weighted by atomic mass is 9.90. The summed E-state index contributed by atoms with van der Waals surface area (Å²) in [7, 11) is 0. The van der Waals surface area contributed by atoms with E-state index < -0.39 is 0 Å². The van der Waals surface area contributed by atoms with Gasteiger partial charge in [0.05, 0.1) is 18.3 Å². The van der Waals surface area contributed by atoms with E-state index in [4.69, 9.17) is 11.0 Å². The first-order valence-corrected chi connectivity index (χ1v) is 11.9. The summed E-state index contributed by atoms with van der Waals surface area (Å²) in [4.78, 5) is 23.1. The Labute approximate surface area is 204 Å². The van der Waals surface area contributed by atoms with Crippen molar-refractivity contribution in [2.75, 3.05) is 17.6 Å². The summed E-state index contributed by atoms with van der Waals surface area (Å²) < 4.78 is 1.88. The van der Waals surface area contributed by atoms with Crippen molar-refractivity contribution in [1.82, 2.24) is 24.6 Å². The lowest BCUT2D eigenvalue weighted by Gasteiger charge is -2.39. The maximum absolute atomic E-state index is 12.6. The van der Waals surface area contributed by atoms with Gasteiger partial charge in [-0.2, -0.15) is 10.4 Å². The average Bonchev–Trinajstić information content (AvgIpc) is 3.43. The van der Waals surface area contributed by atoms with E-state index >= 15 is 0 Å². The Morgan fingerprint density at radius 1 is 1.20 bits per heavy atom. The van der Waals surface area contributed by atoms with Crippen LogP contribution in [-0.4, -0.2) is 49.2 Å². The predicted octanol–water partition coefficient (Wildman–Crippen LogP) is 3.23. The number of aromatic nitrogens is 4. The molecule has 1 amide bonds. The fourth-order valence-corrected chi connectivity index (χ4v) is 5.40. The second kappa shape index (κ2) is 9.58. The first-order valence-electron chi connectivity index (χ1n) is 11.9. The number of nitrogens with one attached hydrogen (secondary N) is 1. The Morgan fingerprint density at radius 2 is 1.94 bits per heavy atom. The highest BCUT2D eigenvalue weighted by molar-refractivity contribution is 5.97. The smallest absolute Gasteiger partial charge is 0.264 e. The summed E-state index contributed by atoms with van der Waals surface area (Å²) in [5.74, 6) is 1.25. The molecular formula is C26H28N8O. The largest absolute Gasteiger partial charge is 0.383 e. The van der Waals surface area contributed by atoms with Crippen molar-refractivity contribution < 1.29 is 4.79 Å². The number of amides is 1. The van der Waals surface area contributed by atoms with Gasteiger partial charge in [0, 0.05) is 30.4 Å². The van der Waals surface area contributed by atoms with Gasteiger partial charge in [-0.3, -0.25) is 9.48 Å². The highest BCUT2D eigenvalue weighted by atomic mass is 16.2. The van der Waals surface area contributed by atoms with Crippen molar-refractivity contribution in [2.24, 2.45) is 5.92 Å². The topological polar surface area (TPSA) is 126 Å². The van der Waals surface area contributed by atoms with E-state index in [1.165, 1.54) is 6.33 Å². The van der Waals surface area contributed by atoms with E-state index in [-0.39, 0.29) is 23.6 Å². The maximum Gasteiger partial charge on any atom is 0.264 e. The van der Waals surface area contributed by atoms with Crippen molar-refractivity contribution in [3.63, 3.8) is 0 Å². The third kappa shape index (κ3) is 4.60. The van der Waals surface area contributed by atoms with Crippen LogP contribution >= 0.6 is 0 Å². The molecule has 0 saturated carbocycles. The fraction of sp³-hybridized carbons (Fsp3) is 0.346. The van der Waals surface area contributed by atoms with Gasteiger partial charge in [0.1, 0.15) is 29.6 Å². The number of rotatable bonds is 7. The Kier molecular flexibility index (Phi) is 6.19. The summed E-state index contributed by atoms with van der Waals surface area (Å²) >= 11 is 0. The normalized spacial score (nSPS) is 20.9. The van der Waals surface area contributed by atoms with E-state index in [2.05, 4.69) is 39.1 Å². The van der Waals surface area contributed by atoms with E-state index in [0.717, 1.165) is 48.9 Å². The second-order valence-electron chi connectivity index (χ2n) is 9.30. The first-order chi connectivity index (χ1) is 17.0. The van der Waals surface area contributed by atoms with Crippen LogP contribution < -0.4 is 11.1 Å². The van der Waals surface area contributed by atoms with Crippen LogP contribution in [-0.2, 0) is 11.3 Å².